The number of nitro benzene ring substituents is 1. The van der Waals surface area contributed by atoms with Crippen molar-refractivity contribution in [2.24, 2.45) is 0 Å². The largest absolute Gasteiger partial charge is 0.368 e. The topological polar surface area (TPSA) is 85.3 Å². The number of para-hydroxylation sites is 1. The van der Waals surface area contributed by atoms with Gasteiger partial charge in [0.15, 0.2) is 5.52 Å². The molecule has 3 aromatic rings. The predicted octanol–water partition coefficient (Wildman–Crippen LogP) is 3.38. The number of rotatable bonds is 4. The third-order valence-electron chi connectivity index (χ3n) is 3.61. The summed E-state index contributed by atoms with van der Waals surface area (Å²) in [5.74, 6) is 0.750. The first-order valence-electron chi connectivity index (χ1n) is 7.14. The molecule has 3 rings (SSSR count). The molecule has 118 valence electrons. The molecule has 2 aromatic heterocycles. The Hall–Kier alpha value is -2.96. The molecule has 23 heavy (non-hydrogen) atoms. The third-order valence-corrected chi connectivity index (χ3v) is 3.61. The molecule has 0 N–H and O–H groups in total. The molecule has 0 radical (unpaired) electrons. The molecule has 0 fully saturated rings. The van der Waals surface area contributed by atoms with Crippen molar-refractivity contribution in [3.05, 3.63) is 57.6 Å². The Balaban J connectivity index is 2.09. The van der Waals surface area contributed by atoms with Crippen molar-refractivity contribution in [3.8, 4) is 0 Å². The van der Waals surface area contributed by atoms with E-state index in [0.29, 0.717) is 12.1 Å². The highest BCUT2D eigenvalue weighted by atomic mass is 16.6. The second kappa shape index (κ2) is 5.68. The van der Waals surface area contributed by atoms with Gasteiger partial charge in [-0.2, -0.15) is 0 Å². The number of aryl methyl sites for hydroxylation is 2. The summed E-state index contributed by atoms with van der Waals surface area (Å²) >= 11 is 0. The highest BCUT2D eigenvalue weighted by Gasteiger charge is 2.17. The Labute approximate surface area is 132 Å². The van der Waals surface area contributed by atoms with Crippen molar-refractivity contribution in [3.63, 3.8) is 0 Å². The lowest BCUT2D eigenvalue weighted by atomic mass is 10.1. The number of nitrogens with zero attached hydrogens (tertiary/aromatic N) is 4. The van der Waals surface area contributed by atoms with Crippen LogP contribution >= 0.6 is 0 Å². The van der Waals surface area contributed by atoms with Crippen LogP contribution in [0.3, 0.4) is 0 Å². The van der Waals surface area contributed by atoms with Gasteiger partial charge in [0.1, 0.15) is 11.5 Å². The monoisotopic (exact) mass is 312 g/mol. The van der Waals surface area contributed by atoms with Crippen molar-refractivity contribution < 1.29 is 9.45 Å². The Morgan fingerprint density at radius 3 is 2.74 bits per heavy atom. The summed E-state index contributed by atoms with van der Waals surface area (Å²) in [6, 6.07) is 8.78. The zero-order valence-electron chi connectivity index (χ0n) is 13.1. The molecular formula is C16H16N4O3. The fourth-order valence-electron chi connectivity index (χ4n) is 2.62. The van der Waals surface area contributed by atoms with Crippen LogP contribution in [0.4, 0.5) is 11.4 Å². The molecule has 0 spiro atoms. The summed E-state index contributed by atoms with van der Waals surface area (Å²) in [6.07, 6.45) is 0. The van der Waals surface area contributed by atoms with Crippen LogP contribution in [0.2, 0.25) is 0 Å². The minimum Gasteiger partial charge on any atom is -0.368 e. The van der Waals surface area contributed by atoms with Crippen LogP contribution in [0.25, 0.3) is 10.9 Å². The third kappa shape index (κ3) is 2.85. The van der Waals surface area contributed by atoms with Crippen LogP contribution in [0, 0.1) is 24.0 Å². The molecular weight excluding hydrogens is 296 g/mol. The summed E-state index contributed by atoms with van der Waals surface area (Å²) in [5, 5.41) is 16.0. The first-order valence-corrected chi connectivity index (χ1v) is 7.14. The van der Waals surface area contributed by atoms with Crippen LogP contribution in [0.5, 0.6) is 0 Å². The van der Waals surface area contributed by atoms with Gasteiger partial charge in [-0.25, -0.2) is 4.98 Å². The van der Waals surface area contributed by atoms with Crippen LogP contribution in [0.15, 0.2) is 34.9 Å². The van der Waals surface area contributed by atoms with Crippen molar-refractivity contribution in [1.82, 2.24) is 10.1 Å². The minimum absolute atomic E-state index is 0.0122. The number of anilines is 1. The van der Waals surface area contributed by atoms with Gasteiger partial charge in [0.2, 0.25) is 0 Å². The van der Waals surface area contributed by atoms with Crippen LogP contribution in [-0.2, 0) is 6.54 Å². The van der Waals surface area contributed by atoms with Crippen molar-refractivity contribution in [1.29, 1.82) is 0 Å². The number of non-ortho nitro benzene ring substituents is 1. The SMILES string of the molecule is Cc1cc(N(C)Cc2cc(C)on2)c2cccc([N+](=O)[O-])c2n1. The number of benzene rings is 1. The van der Waals surface area contributed by atoms with Gasteiger partial charge < -0.3 is 9.42 Å². The average Bonchev–Trinajstić information content (AvgIpc) is 2.90. The number of hydrogen-bond acceptors (Lipinski definition) is 6. The Bertz CT molecular complexity index is 888. The number of hydrogen-bond donors (Lipinski definition) is 0. The molecule has 0 aliphatic heterocycles. The molecule has 0 atom stereocenters. The molecule has 0 aliphatic carbocycles. The van der Waals surface area contributed by atoms with Gasteiger partial charge >= 0.3 is 0 Å². The lowest BCUT2D eigenvalue weighted by Gasteiger charge is -2.20. The first-order chi connectivity index (χ1) is 11.0. The molecule has 2 heterocycles. The van der Waals surface area contributed by atoms with E-state index in [4.69, 9.17) is 4.52 Å². The van der Waals surface area contributed by atoms with Crippen LogP contribution < -0.4 is 4.90 Å². The summed E-state index contributed by atoms with van der Waals surface area (Å²) < 4.78 is 5.08. The van der Waals surface area contributed by atoms with E-state index in [1.807, 2.05) is 44.0 Å². The van der Waals surface area contributed by atoms with Crippen LogP contribution in [0.1, 0.15) is 17.1 Å². The van der Waals surface area contributed by atoms with E-state index in [9.17, 15) is 10.1 Å². The van der Waals surface area contributed by atoms with E-state index < -0.39 is 4.92 Å². The smallest absolute Gasteiger partial charge is 0.295 e. The van der Waals surface area contributed by atoms with Gasteiger partial charge in [-0.1, -0.05) is 17.3 Å². The van der Waals surface area contributed by atoms with Crippen molar-refractivity contribution in [2.45, 2.75) is 20.4 Å². The average molecular weight is 312 g/mol. The maximum Gasteiger partial charge on any atom is 0.295 e. The molecule has 7 heteroatoms. The number of pyridine rings is 1. The lowest BCUT2D eigenvalue weighted by Crippen LogP contribution is -2.17. The maximum absolute atomic E-state index is 11.2. The Morgan fingerprint density at radius 1 is 1.30 bits per heavy atom. The van der Waals surface area contributed by atoms with Crippen molar-refractivity contribution in [2.75, 3.05) is 11.9 Å². The lowest BCUT2D eigenvalue weighted by molar-refractivity contribution is -0.383. The minimum atomic E-state index is -0.403. The molecule has 0 saturated carbocycles. The second-order valence-corrected chi connectivity index (χ2v) is 5.50. The standard InChI is InChI=1S/C16H16N4O3/c1-10-7-15(19(3)9-12-8-11(2)23-18-12)13-5-4-6-14(20(21)22)16(13)17-10/h4-8H,9H2,1-3H3. The van der Waals surface area contributed by atoms with Crippen LogP contribution in [-0.4, -0.2) is 22.1 Å². The highest BCUT2D eigenvalue weighted by molar-refractivity contribution is 5.97. The molecule has 0 saturated heterocycles. The van der Waals surface area contributed by atoms with E-state index in [-0.39, 0.29) is 5.69 Å². The molecule has 0 unspecified atom stereocenters. The Kier molecular flexibility index (Phi) is 3.69. The predicted molar refractivity (Wildman–Crippen MR) is 86.5 cm³/mol. The van der Waals surface area contributed by atoms with E-state index in [1.54, 1.807) is 6.07 Å². The molecule has 0 aliphatic rings. The molecule has 7 nitrogen and oxygen atoms in total. The first kappa shape index (κ1) is 15.0. The van der Waals surface area contributed by atoms with Gasteiger partial charge in [0.25, 0.3) is 5.69 Å². The molecule has 1 aromatic carbocycles. The van der Waals surface area contributed by atoms with E-state index >= 15 is 0 Å². The summed E-state index contributed by atoms with van der Waals surface area (Å²) in [5.41, 5.74) is 2.81. The van der Waals surface area contributed by atoms with Crippen molar-refractivity contribution >= 4 is 22.3 Å². The van der Waals surface area contributed by atoms with E-state index in [0.717, 1.165) is 28.2 Å². The van der Waals surface area contributed by atoms with Gasteiger partial charge in [0, 0.05) is 35.9 Å². The van der Waals surface area contributed by atoms with E-state index in [2.05, 4.69) is 10.1 Å². The number of nitro groups is 1. The number of aromatic nitrogens is 2. The second-order valence-electron chi connectivity index (χ2n) is 5.50. The number of fused-ring (bicyclic) bond motifs is 1. The highest BCUT2D eigenvalue weighted by Crippen LogP contribution is 2.32. The van der Waals surface area contributed by atoms with Gasteiger partial charge in [-0.3, -0.25) is 10.1 Å². The fraction of sp³-hybridized carbons (Fsp3) is 0.250. The summed E-state index contributed by atoms with van der Waals surface area (Å²) in [4.78, 5) is 17.2. The quantitative estimate of drug-likeness (QED) is 0.542. The summed E-state index contributed by atoms with van der Waals surface area (Å²) in [7, 11) is 1.91. The normalized spacial score (nSPS) is 10.9. The summed E-state index contributed by atoms with van der Waals surface area (Å²) in [6.45, 7) is 4.21. The molecule has 0 amide bonds. The van der Waals surface area contributed by atoms with E-state index in [1.165, 1.54) is 6.07 Å². The Morgan fingerprint density at radius 2 is 2.09 bits per heavy atom. The zero-order valence-corrected chi connectivity index (χ0v) is 13.1. The zero-order chi connectivity index (χ0) is 16.6. The van der Waals surface area contributed by atoms with Gasteiger partial charge in [0.05, 0.1) is 11.5 Å². The maximum atomic E-state index is 11.2. The molecule has 0 bridgehead atoms. The van der Waals surface area contributed by atoms with Gasteiger partial charge in [-0.05, 0) is 19.9 Å². The van der Waals surface area contributed by atoms with Gasteiger partial charge in [-0.15, -0.1) is 0 Å². The fourth-order valence-corrected chi connectivity index (χ4v) is 2.62.